The highest BCUT2D eigenvalue weighted by atomic mass is 16.5. The van der Waals surface area contributed by atoms with E-state index >= 15 is 0 Å². The van der Waals surface area contributed by atoms with E-state index in [1.54, 1.807) is 12.1 Å². The van der Waals surface area contributed by atoms with Crippen LogP contribution in [0.1, 0.15) is 48.9 Å². The van der Waals surface area contributed by atoms with Gasteiger partial charge in [-0.1, -0.05) is 0 Å². The zero-order chi connectivity index (χ0) is 15.3. The average molecular weight is 300 g/mol. The van der Waals surface area contributed by atoms with Crippen molar-refractivity contribution in [1.29, 1.82) is 0 Å². The molecule has 4 heteroatoms. The first-order valence-electron chi connectivity index (χ1n) is 8.33. The first-order chi connectivity index (χ1) is 10.6. The van der Waals surface area contributed by atoms with Gasteiger partial charge >= 0.3 is 5.97 Å². The van der Waals surface area contributed by atoms with E-state index in [9.17, 15) is 4.79 Å². The van der Waals surface area contributed by atoms with Gasteiger partial charge in [0.1, 0.15) is 0 Å². The topological polar surface area (TPSA) is 64.3 Å². The minimum Gasteiger partial charge on any atom is -0.465 e. The Labute approximate surface area is 131 Å². The van der Waals surface area contributed by atoms with Crippen molar-refractivity contribution < 1.29 is 9.53 Å². The molecule has 4 saturated carbocycles. The molecule has 4 aliphatic carbocycles. The monoisotopic (exact) mass is 300 g/mol. The second-order valence-corrected chi connectivity index (χ2v) is 7.62. The van der Waals surface area contributed by atoms with Crippen LogP contribution in [0.4, 0.5) is 11.4 Å². The Hall–Kier alpha value is -1.71. The fraction of sp³-hybridized carbons (Fsp3) is 0.611. The van der Waals surface area contributed by atoms with E-state index in [4.69, 9.17) is 10.5 Å². The molecule has 0 heterocycles. The lowest BCUT2D eigenvalue weighted by molar-refractivity contribution is 0.0107. The molecule has 22 heavy (non-hydrogen) atoms. The summed E-state index contributed by atoms with van der Waals surface area (Å²) in [6.45, 7) is 0. The Morgan fingerprint density at radius 1 is 1.18 bits per heavy atom. The van der Waals surface area contributed by atoms with Crippen LogP contribution in [0.15, 0.2) is 18.2 Å². The molecular weight excluding hydrogens is 276 g/mol. The highest BCUT2D eigenvalue weighted by molar-refractivity contribution is 5.91. The third-order valence-corrected chi connectivity index (χ3v) is 5.91. The van der Waals surface area contributed by atoms with Crippen LogP contribution < -0.4 is 11.1 Å². The molecule has 5 rings (SSSR count). The minimum absolute atomic E-state index is 0.232. The summed E-state index contributed by atoms with van der Waals surface area (Å²) in [6.07, 6.45) is 8.11. The quantitative estimate of drug-likeness (QED) is 0.663. The van der Waals surface area contributed by atoms with Crippen molar-refractivity contribution in [2.45, 2.75) is 44.1 Å². The highest BCUT2D eigenvalue weighted by Gasteiger charge is 2.50. The number of methoxy groups -OCH3 is 1. The first-order valence-corrected chi connectivity index (χ1v) is 8.33. The van der Waals surface area contributed by atoms with Crippen LogP contribution in [-0.4, -0.2) is 18.6 Å². The second kappa shape index (κ2) is 4.90. The standard InChI is InChI=1S/C18H24N2O2/c1-22-17(21)14-2-3-16(15(19)7-14)20-18-8-11-4-12(9-18)6-13(5-11)10-18/h2-3,7,11-13,20H,4-6,8-10,19H2,1H3. The number of rotatable bonds is 3. The van der Waals surface area contributed by atoms with Crippen LogP contribution in [0, 0.1) is 17.8 Å². The van der Waals surface area contributed by atoms with Crippen LogP contribution in [0.3, 0.4) is 0 Å². The van der Waals surface area contributed by atoms with Gasteiger partial charge in [0.05, 0.1) is 24.0 Å². The molecule has 4 nitrogen and oxygen atoms in total. The molecule has 4 aliphatic rings. The van der Waals surface area contributed by atoms with Gasteiger partial charge in [-0.2, -0.15) is 0 Å². The Kier molecular flexibility index (Phi) is 3.10. The van der Waals surface area contributed by atoms with Gasteiger partial charge in [-0.25, -0.2) is 4.79 Å². The maximum atomic E-state index is 11.6. The summed E-state index contributed by atoms with van der Waals surface area (Å²) < 4.78 is 4.75. The molecule has 0 unspecified atom stereocenters. The van der Waals surface area contributed by atoms with E-state index < -0.39 is 0 Å². The summed E-state index contributed by atoms with van der Waals surface area (Å²) in [4.78, 5) is 11.6. The number of hydrogen-bond acceptors (Lipinski definition) is 4. The molecule has 1 aromatic rings. The summed E-state index contributed by atoms with van der Waals surface area (Å²) in [5, 5.41) is 3.76. The number of carbonyl (C=O) groups excluding carboxylic acids is 1. The average Bonchev–Trinajstić information content (AvgIpc) is 2.47. The molecule has 0 atom stereocenters. The van der Waals surface area contributed by atoms with Crippen molar-refractivity contribution in [3.8, 4) is 0 Å². The third-order valence-electron chi connectivity index (χ3n) is 5.91. The molecule has 4 bridgehead atoms. The molecule has 4 fully saturated rings. The van der Waals surface area contributed by atoms with Crippen LogP contribution in [-0.2, 0) is 4.74 Å². The van der Waals surface area contributed by atoms with Crippen molar-refractivity contribution in [2.75, 3.05) is 18.2 Å². The van der Waals surface area contributed by atoms with Gasteiger partial charge in [0, 0.05) is 5.54 Å². The van der Waals surface area contributed by atoms with E-state index in [0.717, 1.165) is 23.4 Å². The number of nitrogen functional groups attached to an aromatic ring is 1. The van der Waals surface area contributed by atoms with Crippen molar-refractivity contribution in [3.63, 3.8) is 0 Å². The molecular formula is C18H24N2O2. The molecule has 0 spiro atoms. The Balaban J connectivity index is 1.57. The smallest absolute Gasteiger partial charge is 0.337 e. The zero-order valence-electron chi connectivity index (χ0n) is 13.1. The predicted molar refractivity (Wildman–Crippen MR) is 86.7 cm³/mol. The molecule has 0 amide bonds. The molecule has 0 radical (unpaired) electrons. The zero-order valence-corrected chi connectivity index (χ0v) is 13.1. The Bertz CT molecular complexity index is 576. The van der Waals surface area contributed by atoms with Crippen molar-refractivity contribution in [3.05, 3.63) is 23.8 Å². The molecule has 1 aromatic carbocycles. The van der Waals surface area contributed by atoms with Gasteiger partial charge in [-0.05, 0) is 74.5 Å². The maximum Gasteiger partial charge on any atom is 0.337 e. The molecule has 118 valence electrons. The summed E-state index contributed by atoms with van der Waals surface area (Å²) >= 11 is 0. The largest absolute Gasteiger partial charge is 0.465 e. The first kappa shape index (κ1) is 13.9. The third kappa shape index (κ3) is 2.25. The van der Waals surface area contributed by atoms with Crippen LogP contribution in [0.25, 0.3) is 0 Å². The predicted octanol–water partition coefficient (Wildman–Crippen LogP) is 3.44. The molecule has 0 aromatic heterocycles. The number of carbonyl (C=O) groups is 1. The molecule has 3 N–H and O–H groups in total. The van der Waals surface area contributed by atoms with Crippen LogP contribution in [0.2, 0.25) is 0 Å². The summed E-state index contributed by atoms with van der Waals surface area (Å²) in [5.74, 6) is 2.35. The van der Waals surface area contributed by atoms with Crippen molar-refractivity contribution in [2.24, 2.45) is 17.8 Å². The summed E-state index contributed by atoms with van der Waals surface area (Å²) in [5.41, 5.74) is 8.52. The van der Waals surface area contributed by atoms with Gasteiger partial charge in [0.2, 0.25) is 0 Å². The number of anilines is 2. The lowest BCUT2D eigenvalue weighted by Crippen LogP contribution is -2.54. The van der Waals surface area contributed by atoms with Crippen LogP contribution >= 0.6 is 0 Å². The fourth-order valence-electron chi connectivity index (χ4n) is 5.47. The highest BCUT2D eigenvalue weighted by Crippen LogP contribution is 2.56. The van der Waals surface area contributed by atoms with Gasteiger partial charge in [0.15, 0.2) is 0 Å². The number of esters is 1. The summed E-state index contributed by atoms with van der Waals surface area (Å²) in [6, 6.07) is 5.44. The second-order valence-electron chi connectivity index (χ2n) is 7.62. The lowest BCUT2D eigenvalue weighted by Gasteiger charge is -2.57. The number of benzene rings is 1. The number of ether oxygens (including phenoxy) is 1. The number of nitrogens with one attached hydrogen (secondary N) is 1. The van der Waals surface area contributed by atoms with Crippen LogP contribution in [0.5, 0.6) is 0 Å². The fourth-order valence-corrected chi connectivity index (χ4v) is 5.47. The number of hydrogen-bond donors (Lipinski definition) is 2. The Morgan fingerprint density at radius 2 is 1.77 bits per heavy atom. The maximum absolute atomic E-state index is 11.6. The van der Waals surface area contributed by atoms with Crippen molar-refractivity contribution >= 4 is 17.3 Å². The van der Waals surface area contributed by atoms with E-state index in [-0.39, 0.29) is 11.5 Å². The van der Waals surface area contributed by atoms with E-state index in [1.807, 2.05) is 6.07 Å². The van der Waals surface area contributed by atoms with Gasteiger partial charge in [-0.3, -0.25) is 0 Å². The number of nitrogens with two attached hydrogens (primary N) is 1. The van der Waals surface area contributed by atoms with Gasteiger partial charge in [-0.15, -0.1) is 0 Å². The van der Waals surface area contributed by atoms with E-state index in [2.05, 4.69) is 5.32 Å². The van der Waals surface area contributed by atoms with Gasteiger partial charge in [0.25, 0.3) is 0 Å². The van der Waals surface area contributed by atoms with Crippen molar-refractivity contribution in [1.82, 2.24) is 0 Å². The lowest BCUT2D eigenvalue weighted by atomic mass is 9.53. The SMILES string of the molecule is COC(=O)c1ccc(NC23CC4CC(CC(C4)C2)C3)c(N)c1. The van der Waals surface area contributed by atoms with E-state index in [0.29, 0.717) is 11.3 Å². The minimum atomic E-state index is -0.340. The summed E-state index contributed by atoms with van der Waals surface area (Å²) in [7, 11) is 1.39. The van der Waals surface area contributed by atoms with E-state index in [1.165, 1.54) is 45.6 Å². The normalized spacial score (nSPS) is 35.4. The Morgan fingerprint density at radius 3 is 2.27 bits per heavy atom. The van der Waals surface area contributed by atoms with Gasteiger partial charge < -0.3 is 15.8 Å². The molecule has 0 aliphatic heterocycles. The molecule has 0 saturated heterocycles.